The van der Waals surface area contributed by atoms with Gasteiger partial charge < -0.3 is 15.5 Å². The van der Waals surface area contributed by atoms with Gasteiger partial charge in [0.25, 0.3) is 0 Å². The van der Waals surface area contributed by atoms with Gasteiger partial charge in [0.05, 0.1) is 11.9 Å². The Labute approximate surface area is 122 Å². The maximum absolute atomic E-state index is 4.61. The second-order valence-electron chi connectivity index (χ2n) is 5.97. The van der Waals surface area contributed by atoms with Gasteiger partial charge in [-0.05, 0) is 25.0 Å². The Morgan fingerprint density at radius 3 is 2.45 bits per heavy atom. The Kier molecular flexibility index (Phi) is 4.74. The minimum Gasteiger partial charge on any atom is -0.368 e. The summed E-state index contributed by atoms with van der Waals surface area (Å²) in [7, 11) is 0. The lowest BCUT2D eigenvalue weighted by Gasteiger charge is -2.29. The molecular weight excluding hydrogens is 248 g/mol. The fourth-order valence-electron chi connectivity index (χ4n) is 3.21. The van der Waals surface area contributed by atoms with Gasteiger partial charge in [0.2, 0.25) is 0 Å². The van der Waals surface area contributed by atoms with Crippen molar-refractivity contribution in [3.8, 4) is 0 Å². The highest BCUT2D eigenvalue weighted by atomic mass is 15.2. The zero-order chi connectivity index (χ0) is 13.6. The first kappa shape index (κ1) is 13.7. The number of anilines is 2. The summed E-state index contributed by atoms with van der Waals surface area (Å²) in [6.45, 7) is 4.30. The van der Waals surface area contributed by atoms with E-state index in [4.69, 9.17) is 0 Å². The summed E-state index contributed by atoms with van der Waals surface area (Å²) < 4.78 is 0. The van der Waals surface area contributed by atoms with Crippen LogP contribution in [0.25, 0.3) is 0 Å². The van der Waals surface area contributed by atoms with Crippen molar-refractivity contribution in [2.75, 3.05) is 36.4 Å². The van der Waals surface area contributed by atoms with E-state index < -0.39 is 0 Å². The van der Waals surface area contributed by atoms with Crippen LogP contribution in [0.15, 0.2) is 18.3 Å². The third-order valence-corrected chi connectivity index (χ3v) is 4.44. The number of rotatable bonds is 3. The molecule has 2 aliphatic rings. The van der Waals surface area contributed by atoms with Crippen LogP contribution in [0.3, 0.4) is 0 Å². The number of hydrogen-bond acceptors (Lipinski definition) is 4. The molecule has 1 aliphatic heterocycles. The van der Waals surface area contributed by atoms with E-state index >= 15 is 0 Å². The Hall–Kier alpha value is -1.29. The van der Waals surface area contributed by atoms with Crippen molar-refractivity contribution >= 4 is 11.5 Å². The van der Waals surface area contributed by atoms with Gasteiger partial charge in [-0.15, -0.1) is 0 Å². The Morgan fingerprint density at radius 2 is 1.80 bits per heavy atom. The number of pyridine rings is 1. The number of nitrogens with one attached hydrogen (secondary N) is 2. The molecule has 4 nitrogen and oxygen atoms in total. The largest absolute Gasteiger partial charge is 0.368 e. The molecule has 1 aliphatic carbocycles. The van der Waals surface area contributed by atoms with Gasteiger partial charge in [0.1, 0.15) is 5.82 Å². The molecule has 1 saturated heterocycles. The molecule has 4 heteroatoms. The quantitative estimate of drug-likeness (QED) is 0.831. The molecule has 2 heterocycles. The molecule has 110 valence electrons. The molecule has 20 heavy (non-hydrogen) atoms. The van der Waals surface area contributed by atoms with E-state index in [-0.39, 0.29) is 0 Å². The van der Waals surface area contributed by atoms with E-state index in [1.54, 1.807) is 0 Å². The molecule has 1 saturated carbocycles. The molecule has 2 fully saturated rings. The average molecular weight is 274 g/mol. The first-order valence-electron chi connectivity index (χ1n) is 8.10. The number of hydrogen-bond donors (Lipinski definition) is 2. The van der Waals surface area contributed by atoms with Crippen LogP contribution in [0.1, 0.15) is 38.5 Å². The third kappa shape index (κ3) is 3.63. The Balaban J connectivity index is 1.57. The second-order valence-corrected chi connectivity index (χ2v) is 5.97. The molecule has 0 radical (unpaired) electrons. The highest BCUT2D eigenvalue weighted by Crippen LogP contribution is 2.21. The second kappa shape index (κ2) is 6.93. The summed E-state index contributed by atoms with van der Waals surface area (Å²) >= 11 is 0. The lowest BCUT2D eigenvalue weighted by atomic mass is 10.1. The molecule has 1 aromatic rings. The van der Waals surface area contributed by atoms with Crippen molar-refractivity contribution in [1.82, 2.24) is 10.3 Å². The minimum absolute atomic E-state index is 0.620. The molecule has 3 rings (SSSR count). The predicted octanol–water partition coefficient (Wildman–Crippen LogP) is 2.63. The predicted molar refractivity (Wildman–Crippen MR) is 84.4 cm³/mol. The zero-order valence-electron chi connectivity index (χ0n) is 12.3. The summed E-state index contributed by atoms with van der Waals surface area (Å²) in [5, 5.41) is 6.99. The standard InChI is InChI=1S/C16H26N4/c1-2-4-6-14(5-3-1)19-16-8-7-15(13-18-16)20-11-9-17-10-12-20/h7-8,13-14,17H,1-6,9-12H2,(H,18,19). The van der Waals surface area contributed by atoms with E-state index in [0.29, 0.717) is 6.04 Å². The van der Waals surface area contributed by atoms with Gasteiger partial charge in [0.15, 0.2) is 0 Å². The van der Waals surface area contributed by atoms with Crippen LogP contribution >= 0.6 is 0 Å². The monoisotopic (exact) mass is 274 g/mol. The molecule has 0 spiro atoms. The SMILES string of the molecule is c1cc(NC2CCCCCC2)ncc1N1CCNCC1. The number of aromatic nitrogens is 1. The van der Waals surface area contributed by atoms with Crippen LogP contribution in [0.2, 0.25) is 0 Å². The highest BCUT2D eigenvalue weighted by Gasteiger charge is 2.13. The fraction of sp³-hybridized carbons (Fsp3) is 0.688. The van der Waals surface area contributed by atoms with Gasteiger partial charge in [-0.25, -0.2) is 4.98 Å². The van der Waals surface area contributed by atoms with E-state index in [9.17, 15) is 0 Å². The van der Waals surface area contributed by atoms with Gasteiger partial charge in [-0.1, -0.05) is 25.7 Å². The number of nitrogens with zero attached hydrogens (tertiary/aromatic N) is 2. The van der Waals surface area contributed by atoms with Crippen molar-refractivity contribution in [2.24, 2.45) is 0 Å². The van der Waals surface area contributed by atoms with Crippen molar-refractivity contribution in [1.29, 1.82) is 0 Å². The zero-order valence-corrected chi connectivity index (χ0v) is 12.3. The van der Waals surface area contributed by atoms with Gasteiger partial charge >= 0.3 is 0 Å². The summed E-state index contributed by atoms with van der Waals surface area (Å²) in [5.74, 6) is 1.04. The maximum atomic E-state index is 4.61. The van der Waals surface area contributed by atoms with Crippen molar-refractivity contribution < 1.29 is 0 Å². The molecular formula is C16H26N4. The van der Waals surface area contributed by atoms with E-state index in [1.165, 1.54) is 44.2 Å². The lowest BCUT2D eigenvalue weighted by molar-refractivity contribution is 0.588. The molecule has 0 bridgehead atoms. The Bertz CT molecular complexity index is 389. The first-order chi connectivity index (χ1) is 9.92. The van der Waals surface area contributed by atoms with E-state index in [0.717, 1.165) is 32.0 Å². The topological polar surface area (TPSA) is 40.2 Å². The Morgan fingerprint density at radius 1 is 1.05 bits per heavy atom. The van der Waals surface area contributed by atoms with E-state index in [2.05, 4.69) is 32.7 Å². The molecule has 2 N–H and O–H groups in total. The van der Waals surface area contributed by atoms with Crippen LogP contribution in [0.5, 0.6) is 0 Å². The fourth-order valence-corrected chi connectivity index (χ4v) is 3.21. The smallest absolute Gasteiger partial charge is 0.126 e. The van der Waals surface area contributed by atoms with Crippen LogP contribution in [0.4, 0.5) is 11.5 Å². The first-order valence-corrected chi connectivity index (χ1v) is 8.10. The van der Waals surface area contributed by atoms with Crippen LogP contribution in [-0.2, 0) is 0 Å². The van der Waals surface area contributed by atoms with Crippen LogP contribution in [0, 0.1) is 0 Å². The van der Waals surface area contributed by atoms with Gasteiger partial charge in [-0.2, -0.15) is 0 Å². The van der Waals surface area contributed by atoms with Gasteiger partial charge in [0, 0.05) is 32.2 Å². The van der Waals surface area contributed by atoms with Crippen LogP contribution in [-0.4, -0.2) is 37.2 Å². The van der Waals surface area contributed by atoms with Crippen molar-refractivity contribution in [3.63, 3.8) is 0 Å². The summed E-state index contributed by atoms with van der Waals surface area (Å²) in [5.41, 5.74) is 1.25. The molecule has 0 atom stereocenters. The summed E-state index contributed by atoms with van der Waals surface area (Å²) in [6, 6.07) is 4.97. The number of piperazine rings is 1. The molecule has 1 aromatic heterocycles. The maximum Gasteiger partial charge on any atom is 0.126 e. The van der Waals surface area contributed by atoms with Crippen molar-refractivity contribution in [2.45, 2.75) is 44.6 Å². The third-order valence-electron chi connectivity index (χ3n) is 4.44. The summed E-state index contributed by atoms with van der Waals surface area (Å²) in [4.78, 5) is 7.01. The molecule has 0 unspecified atom stereocenters. The average Bonchev–Trinajstić information content (AvgIpc) is 2.78. The van der Waals surface area contributed by atoms with E-state index in [1.807, 2.05) is 6.20 Å². The lowest BCUT2D eigenvalue weighted by Crippen LogP contribution is -2.43. The molecule has 0 amide bonds. The highest BCUT2D eigenvalue weighted by molar-refractivity contribution is 5.50. The normalized spacial score (nSPS) is 21.5. The van der Waals surface area contributed by atoms with Gasteiger partial charge in [-0.3, -0.25) is 0 Å². The molecule has 0 aromatic carbocycles. The van der Waals surface area contributed by atoms with Crippen LogP contribution < -0.4 is 15.5 Å². The summed E-state index contributed by atoms with van der Waals surface area (Å²) in [6.07, 6.45) is 10.1. The van der Waals surface area contributed by atoms with Crippen molar-refractivity contribution in [3.05, 3.63) is 18.3 Å². The minimum atomic E-state index is 0.620.